The monoisotopic (exact) mass is 300 g/mol. The molecule has 0 aliphatic rings. The van der Waals surface area contributed by atoms with Crippen LogP contribution in [0.4, 0.5) is 0 Å². The summed E-state index contributed by atoms with van der Waals surface area (Å²) in [6.07, 6.45) is 1.65. The molecule has 1 heterocycles. The number of aliphatic hydroxyl groups is 1. The Morgan fingerprint density at radius 3 is 2.93 bits per heavy atom. The molecule has 4 heteroatoms. The third-order valence-electron chi connectivity index (χ3n) is 1.90. The Morgan fingerprint density at radius 1 is 1.43 bits per heavy atom. The Morgan fingerprint density at radius 2 is 2.29 bits per heavy atom. The molecule has 1 aromatic carbocycles. The number of benzene rings is 1. The highest BCUT2D eigenvalue weighted by molar-refractivity contribution is 14.1. The lowest BCUT2D eigenvalue weighted by molar-refractivity contribution is 0.277. The number of aromatic amines is 1. The SMILES string of the molecule is OCc1cnc(-c2cccc(I)c2)[nH]1. The van der Waals surface area contributed by atoms with E-state index in [1.54, 1.807) is 6.20 Å². The fraction of sp³-hybridized carbons (Fsp3) is 0.100. The van der Waals surface area contributed by atoms with E-state index in [0.717, 1.165) is 17.1 Å². The van der Waals surface area contributed by atoms with Crippen LogP contribution < -0.4 is 0 Å². The first-order chi connectivity index (χ1) is 6.79. The molecule has 0 saturated heterocycles. The van der Waals surface area contributed by atoms with Crippen molar-refractivity contribution in [3.05, 3.63) is 39.7 Å². The first kappa shape index (κ1) is 9.67. The fourth-order valence-electron chi connectivity index (χ4n) is 1.22. The maximum Gasteiger partial charge on any atom is 0.137 e. The van der Waals surface area contributed by atoms with Gasteiger partial charge in [-0.2, -0.15) is 0 Å². The van der Waals surface area contributed by atoms with Gasteiger partial charge in [-0.05, 0) is 34.7 Å². The largest absolute Gasteiger partial charge is 0.390 e. The lowest BCUT2D eigenvalue weighted by Crippen LogP contribution is -1.83. The number of rotatable bonds is 2. The van der Waals surface area contributed by atoms with Gasteiger partial charge in [0.1, 0.15) is 5.82 Å². The summed E-state index contributed by atoms with van der Waals surface area (Å²) in [6, 6.07) is 8.04. The van der Waals surface area contributed by atoms with Gasteiger partial charge in [-0.3, -0.25) is 0 Å². The van der Waals surface area contributed by atoms with E-state index < -0.39 is 0 Å². The van der Waals surface area contributed by atoms with Crippen LogP contribution in [0.5, 0.6) is 0 Å². The molecule has 0 amide bonds. The zero-order valence-corrected chi connectivity index (χ0v) is 9.52. The second-order valence-electron chi connectivity index (χ2n) is 2.93. The van der Waals surface area contributed by atoms with Crippen LogP contribution in [0, 0.1) is 3.57 Å². The van der Waals surface area contributed by atoms with Gasteiger partial charge in [0, 0.05) is 9.13 Å². The number of H-pyrrole nitrogens is 1. The lowest BCUT2D eigenvalue weighted by Gasteiger charge is -1.96. The molecule has 0 aliphatic heterocycles. The highest BCUT2D eigenvalue weighted by atomic mass is 127. The van der Waals surface area contributed by atoms with Crippen LogP contribution in [-0.4, -0.2) is 15.1 Å². The minimum atomic E-state index is -0.00305. The van der Waals surface area contributed by atoms with Crippen LogP contribution in [0.25, 0.3) is 11.4 Å². The molecule has 0 fully saturated rings. The van der Waals surface area contributed by atoms with E-state index in [4.69, 9.17) is 5.11 Å². The molecule has 0 saturated carbocycles. The highest BCUT2D eigenvalue weighted by Gasteiger charge is 2.02. The van der Waals surface area contributed by atoms with E-state index >= 15 is 0 Å². The summed E-state index contributed by atoms with van der Waals surface area (Å²) in [5.74, 6) is 0.799. The summed E-state index contributed by atoms with van der Waals surface area (Å²) in [6.45, 7) is -0.00305. The molecule has 14 heavy (non-hydrogen) atoms. The maximum absolute atomic E-state index is 8.88. The van der Waals surface area contributed by atoms with Crippen LogP contribution in [0.3, 0.4) is 0 Å². The van der Waals surface area contributed by atoms with Crippen molar-refractivity contribution in [2.75, 3.05) is 0 Å². The molecule has 0 aliphatic carbocycles. The molecule has 3 nitrogen and oxygen atoms in total. The number of hydrogen-bond donors (Lipinski definition) is 2. The summed E-state index contributed by atoms with van der Waals surface area (Å²) in [7, 11) is 0. The molecule has 0 bridgehead atoms. The summed E-state index contributed by atoms with van der Waals surface area (Å²) >= 11 is 2.26. The van der Waals surface area contributed by atoms with Gasteiger partial charge in [0.05, 0.1) is 18.5 Å². The smallest absolute Gasteiger partial charge is 0.137 e. The third-order valence-corrected chi connectivity index (χ3v) is 2.57. The molecule has 0 atom stereocenters. The van der Waals surface area contributed by atoms with Gasteiger partial charge in [-0.1, -0.05) is 12.1 Å². The first-order valence-electron chi connectivity index (χ1n) is 4.20. The van der Waals surface area contributed by atoms with Crippen LogP contribution in [0.1, 0.15) is 5.69 Å². The predicted molar refractivity (Wildman–Crippen MR) is 62.7 cm³/mol. The van der Waals surface area contributed by atoms with Gasteiger partial charge in [-0.25, -0.2) is 4.98 Å². The topological polar surface area (TPSA) is 48.9 Å². The Kier molecular flexibility index (Phi) is 2.83. The van der Waals surface area contributed by atoms with E-state index in [1.165, 1.54) is 3.57 Å². The number of nitrogens with one attached hydrogen (secondary N) is 1. The Bertz CT molecular complexity index is 439. The minimum Gasteiger partial charge on any atom is -0.390 e. The summed E-state index contributed by atoms with van der Waals surface area (Å²) in [5, 5.41) is 8.88. The van der Waals surface area contributed by atoms with Gasteiger partial charge in [-0.15, -0.1) is 0 Å². The Hall–Kier alpha value is -0.880. The second kappa shape index (κ2) is 4.10. The molecule has 2 aromatic rings. The van der Waals surface area contributed by atoms with Crippen molar-refractivity contribution in [2.24, 2.45) is 0 Å². The normalized spacial score (nSPS) is 10.4. The fourth-order valence-corrected chi connectivity index (χ4v) is 1.77. The van der Waals surface area contributed by atoms with Gasteiger partial charge >= 0.3 is 0 Å². The first-order valence-corrected chi connectivity index (χ1v) is 5.28. The van der Waals surface area contributed by atoms with Gasteiger partial charge < -0.3 is 10.1 Å². The zero-order valence-electron chi connectivity index (χ0n) is 7.37. The maximum atomic E-state index is 8.88. The predicted octanol–water partition coefficient (Wildman–Crippen LogP) is 2.17. The van der Waals surface area contributed by atoms with Crippen molar-refractivity contribution in [3.63, 3.8) is 0 Å². The van der Waals surface area contributed by atoms with Gasteiger partial charge in [0.25, 0.3) is 0 Å². The molecular formula is C10H9IN2O. The van der Waals surface area contributed by atoms with Crippen LogP contribution in [0.15, 0.2) is 30.5 Å². The zero-order chi connectivity index (χ0) is 9.97. The third kappa shape index (κ3) is 1.96. The molecule has 1 aromatic heterocycles. The molecule has 2 rings (SSSR count). The summed E-state index contributed by atoms with van der Waals surface area (Å²) in [5.41, 5.74) is 1.77. The van der Waals surface area contributed by atoms with Crippen LogP contribution in [-0.2, 0) is 6.61 Å². The van der Waals surface area contributed by atoms with E-state index in [0.29, 0.717) is 0 Å². The average Bonchev–Trinajstić information content (AvgIpc) is 2.66. The van der Waals surface area contributed by atoms with E-state index in [2.05, 4.69) is 32.6 Å². The van der Waals surface area contributed by atoms with Gasteiger partial charge in [0.2, 0.25) is 0 Å². The summed E-state index contributed by atoms with van der Waals surface area (Å²) < 4.78 is 1.17. The molecule has 0 spiro atoms. The molecule has 0 unspecified atom stereocenters. The Balaban J connectivity index is 2.39. The Labute approximate surface area is 95.3 Å². The van der Waals surface area contributed by atoms with E-state index in [9.17, 15) is 0 Å². The number of halogens is 1. The quantitative estimate of drug-likeness (QED) is 0.835. The van der Waals surface area contributed by atoms with Crippen molar-refractivity contribution in [3.8, 4) is 11.4 Å². The lowest BCUT2D eigenvalue weighted by atomic mass is 10.2. The number of nitrogens with zero attached hydrogens (tertiary/aromatic N) is 1. The minimum absolute atomic E-state index is 0.00305. The highest BCUT2D eigenvalue weighted by Crippen LogP contribution is 2.18. The van der Waals surface area contributed by atoms with E-state index in [-0.39, 0.29) is 6.61 Å². The van der Waals surface area contributed by atoms with Crippen LogP contribution >= 0.6 is 22.6 Å². The number of aliphatic hydroxyl groups excluding tert-OH is 1. The van der Waals surface area contributed by atoms with Gasteiger partial charge in [0.15, 0.2) is 0 Å². The number of imidazole rings is 1. The van der Waals surface area contributed by atoms with Crippen molar-refractivity contribution in [1.82, 2.24) is 9.97 Å². The van der Waals surface area contributed by atoms with Crippen molar-refractivity contribution < 1.29 is 5.11 Å². The summed E-state index contributed by atoms with van der Waals surface area (Å²) in [4.78, 5) is 7.22. The average molecular weight is 300 g/mol. The second-order valence-corrected chi connectivity index (χ2v) is 4.17. The van der Waals surface area contributed by atoms with Crippen LogP contribution in [0.2, 0.25) is 0 Å². The van der Waals surface area contributed by atoms with Crippen molar-refractivity contribution in [2.45, 2.75) is 6.61 Å². The van der Waals surface area contributed by atoms with Crippen molar-refractivity contribution >= 4 is 22.6 Å². The van der Waals surface area contributed by atoms with Crippen molar-refractivity contribution in [1.29, 1.82) is 0 Å². The molecule has 72 valence electrons. The number of hydrogen-bond acceptors (Lipinski definition) is 2. The molecule has 2 N–H and O–H groups in total. The number of aromatic nitrogens is 2. The standard InChI is InChI=1S/C10H9IN2O/c11-8-3-1-2-7(4-8)10-12-5-9(6-14)13-10/h1-5,14H,6H2,(H,12,13). The molecular weight excluding hydrogens is 291 g/mol. The molecule has 0 radical (unpaired) electrons. The van der Waals surface area contributed by atoms with E-state index in [1.807, 2.05) is 24.3 Å².